The van der Waals surface area contributed by atoms with Crippen molar-refractivity contribution < 1.29 is 4.79 Å². The number of nitrogens with one attached hydrogen (secondary N) is 1. The van der Waals surface area contributed by atoms with Crippen LogP contribution < -0.4 is 10.2 Å². The molecule has 2 heterocycles. The highest BCUT2D eigenvalue weighted by molar-refractivity contribution is 6.31. The first-order valence-corrected chi connectivity index (χ1v) is 9.32. The van der Waals surface area contributed by atoms with Crippen LogP contribution >= 0.6 is 11.6 Å². The molecule has 0 saturated carbocycles. The van der Waals surface area contributed by atoms with Gasteiger partial charge >= 0.3 is 0 Å². The van der Waals surface area contributed by atoms with Gasteiger partial charge in [-0.25, -0.2) is 0 Å². The Morgan fingerprint density at radius 2 is 1.93 bits per heavy atom. The maximum Gasteiger partial charge on any atom is 0.257 e. The van der Waals surface area contributed by atoms with Gasteiger partial charge in [0.25, 0.3) is 5.91 Å². The average Bonchev–Trinajstić information content (AvgIpc) is 2.70. The van der Waals surface area contributed by atoms with E-state index < -0.39 is 0 Å². The predicted molar refractivity (Wildman–Crippen MR) is 110 cm³/mol. The third-order valence-electron chi connectivity index (χ3n) is 4.93. The predicted octanol–water partition coefficient (Wildman–Crippen LogP) is 4.86. The molecule has 1 aliphatic heterocycles. The van der Waals surface area contributed by atoms with Crippen molar-refractivity contribution in [2.45, 2.75) is 19.9 Å². The average molecular weight is 378 g/mol. The third-order valence-corrected chi connectivity index (χ3v) is 5.16. The summed E-state index contributed by atoms with van der Waals surface area (Å²) in [5.41, 5.74) is 5.89. The summed E-state index contributed by atoms with van der Waals surface area (Å²) in [5.74, 6) is -0.188. The van der Waals surface area contributed by atoms with Crippen LogP contribution in [0.1, 0.15) is 27.0 Å². The van der Waals surface area contributed by atoms with E-state index in [1.165, 1.54) is 11.1 Å². The van der Waals surface area contributed by atoms with Crippen LogP contribution in [-0.2, 0) is 13.0 Å². The van der Waals surface area contributed by atoms with Crippen LogP contribution in [0.3, 0.4) is 0 Å². The van der Waals surface area contributed by atoms with Gasteiger partial charge in [-0.1, -0.05) is 41.9 Å². The maximum absolute atomic E-state index is 12.7. The highest BCUT2D eigenvalue weighted by Crippen LogP contribution is 2.25. The second-order valence-electron chi connectivity index (χ2n) is 6.79. The van der Waals surface area contributed by atoms with Gasteiger partial charge in [0.05, 0.1) is 17.4 Å². The van der Waals surface area contributed by atoms with Crippen LogP contribution in [0.2, 0.25) is 5.02 Å². The van der Waals surface area contributed by atoms with E-state index in [9.17, 15) is 4.79 Å². The van der Waals surface area contributed by atoms with E-state index in [2.05, 4.69) is 39.5 Å². The van der Waals surface area contributed by atoms with Crippen molar-refractivity contribution in [2.24, 2.45) is 0 Å². The van der Waals surface area contributed by atoms with E-state index in [4.69, 9.17) is 11.6 Å². The van der Waals surface area contributed by atoms with E-state index in [0.29, 0.717) is 16.3 Å². The number of hydrogen-bond acceptors (Lipinski definition) is 3. The Morgan fingerprint density at radius 1 is 1.11 bits per heavy atom. The number of carbonyl (C=O) groups is 1. The molecule has 0 aliphatic carbocycles. The van der Waals surface area contributed by atoms with Crippen LogP contribution in [0.5, 0.6) is 0 Å². The molecule has 0 fully saturated rings. The van der Waals surface area contributed by atoms with Gasteiger partial charge in [0, 0.05) is 30.0 Å². The zero-order chi connectivity index (χ0) is 18.8. The van der Waals surface area contributed by atoms with E-state index in [0.717, 1.165) is 30.8 Å². The Bertz CT molecular complexity index is 1000. The fourth-order valence-corrected chi connectivity index (χ4v) is 3.54. The van der Waals surface area contributed by atoms with Crippen LogP contribution in [0.15, 0.2) is 60.9 Å². The second-order valence-corrected chi connectivity index (χ2v) is 7.22. The quantitative estimate of drug-likeness (QED) is 0.709. The zero-order valence-electron chi connectivity index (χ0n) is 15.1. The van der Waals surface area contributed by atoms with Gasteiger partial charge in [0.1, 0.15) is 0 Å². The lowest BCUT2D eigenvalue weighted by atomic mass is 9.99. The largest absolute Gasteiger partial charge is 0.366 e. The van der Waals surface area contributed by atoms with Crippen molar-refractivity contribution in [3.8, 4) is 0 Å². The van der Waals surface area contributed by atoms with Crippen molar-refractivity contribution >= 4 is 28.9 Å². The molecular weight excluding hydrogens is 358 g/mol. The van der Waals surface area contributed by atoms with Crippen LogP contribution in [0, 0.1) is 6.92 Å². The molecule has 1 aliphatic rings. The Kier molecular flexibility index (Phi) is 4.82. The molecule has 5 heteroatoms. The number of amides is 1. The Labute approximate surface area is 163 Å². The summed E-state index contributed by atoms with van der Waals surface area (Å²) in [6, 6.07) is 15.8. The first-order valence-electron chi connectivity index (χ1n) is 8.94. The molecule has 3 aromatic rings. The van der Waals surface area contributed by atoms with Crippen molar-refractivity contribution in [1.82, 2.24) is 4.98 Å². The number of hydrogen-bond donors (Lipinski definition) is 1. The lowest BCUT2D eigenvalue weighted by Gasteiger charge is -2.30. The summed E-state index contributed by atoms with van der Waals surface area (Å²) in [5, 5.41) is 3.52. The lowest BCUT2D eigenvalue weighted by Crippen LogP contribution is -2.30. The topological polar surface area (TPSA) is 45.2 Å². The Balaban J connectivity index is 1.54. The molecule has 0 unspecified atom stereocenters. The molecule has 1 amide bonds. The SMILES string of the molecule is Cc1ccc(Cl)cc1NC(=O)c1cncc(N2CCc3ccccc3C2)c1. The van der Waals surface area contributed by atoms with Gasteiger partial charge in [-0.3, -0.25) is 9.78 Å². The molecular formula is C22H20ClN3O. The summed E-state index contributed by atoms with van der Waals surface area (Å²) < 4.78 is 0. The van der Waals surface area contributed by atoms with E-state index in [1.54, 1.807) is 12.3 Å². The van der Waals surface area contributed by atoms with Gasteiger partial charge in [-0.05, 0) is 48.2 Å². The first kappa shape index (κ1) is 17.6. The first-order chi connectivity index (χ1) is 13.1. The number of carbonyl (C=O) groups excluding carboxylic acids is 1. The summed E-state index contributed by atoms with van der Waals surface area (Å²) in [4.78, 5) is 19.2. The van der Waals surface area contributed by atoms with E-state index >= 15 is 0 Å². The summed E-state index contributed by atoms with van der Waals surface area (Å²) >= 11 is 6.04. The number of nitrogens with zero attached hydrogens (tertiary/aromatic N) is 2. The lowest BCUT2D eigenvalue weighted by molar-refractivity contribution is 0.102. The molecule has 4 nitrogen and oxygen atoms in total. The smallest absolute Gasteiger partial charge is 0.257 e. The number of halogens is 1. The minimum absolute atomic E-state index is 0.188. The van der Waals surface area contributed by atoms with Crippen molar-refractivity contribution in [2.75, 3.05) is 16.8 Å². The molecule has 27 heavy (non-hydrogen) atoms. The zero-order valence-corrected chi connectivity index (χ0v) is 15.8. The highest BCUT2D eigenvalue weighted by atomic mass is 35.5. The third kappa shape index (κ3) is 3.81. The number of anilines is 2. The second kappa shape index (κ2) is 7.41. The molecule has 1 N–H and O–H groups in total. The monoisotopic (exact) mass is 377 g/mol. The molecule has 0 spiro atoms. The number of aromatic nitrogens is 1. The van der Waals surface area contributed by atoms with Crippen LogP contribution in [0.25, 0.3) is 0 Å². The van der Waals surface area contributed by atoms with E-state index in [1.807, 2.05) is 31.3 Å². The van der Waals surface area contributed by atoms with Crippen LogP contribution in [-0.4, -0.2) is 17.4 Å². The molecule has 0 bridgehead atoms. The summed E-state index contributed by atoms with van der Waals surface area (Å²) in [6.45, 7) is 3.68. The number of rotatable bonds is 3. The Morgan fingerprint density at radius 3 is 2.78 bits per heavy atom. The van der Waals surface area contributed by atoms with Gasteiger partial charge in [-0.15, -0.1) is 0 Å². The maximum atomic E-state index is 12.7. The molecule has 4 rings (SSSR count). The molecule has 1 aromatic heterocycles. The molecule has 136 valence electrons. The fraction of sp³-hybridized carbons (Fsp3) is 0.182. The number of aryl methyl sites for hydroxylation is 1. The standard InChI is InChI=1S/C22H20ClN3O/c1-15-6-7-19(23)11-21(15)25-22(27)18-10-20(13-24-12-18)26-9-8-16-4-2-3-5-17(16)14-26/h2-7,10-13H,8-9,14H2,1H3,(H,25,27). The summed E-state index contributed by atoms with van der Waals surface area (Å²) in [6.07, 6.45) is 4.40. The van der Waals surface area contributed by atoms with Crippen molar-refractivity contribution in [3.05, 3.63) is 88.2 Å². The van der Waals surface area contributed by atoms with Gasteiger partial charge in [-0.2, -0.15) is 0 Å². The Hall–Kier alpha value is -2.85. The van der Waals surface area contributed by atoms with Crippen molar-refractivity contribution in [1.29, 1.82) is 0 Å². The molecule has 2 aromatic carbocycles. The van der Waals surface area contributed by atoms with Gasteiger partial charge in [0.15, 0.2) is 0 Å². The number of fused-ring (bicyclic) bond motifs is 1. The van der Waals surface area contributed by atoms with Gasteiger partial charge < -0.3 is 10.2 Å². The van der Waals surface area contributed by atoms with Crippen molar-refractivity contribution in [3.63, 3.8) is 0 Å². The number of benzene rings is 2. The minimum atomic E-state index is -0.188. The number of pyridine rings is 1. The minimum Gasteiger partial charge on any atom is -0.366 e. The van der Waals surface area contributed by atoms with Crippen LogP contribution in [0.4, 0.5) is 11.4 Å². The van der Waals surface area contributed by atoms with E-state index in [-0.39, 0.29) is 5.91 Å². The summed E-state index contributed by atoms with van der Waals surface area (Å²) in [7, 11) is 0. The molecule has 0 saturated heterocycles. The molecule has 0 atom stereocenters. The normalized spacial score (nSPS) is 13.2. The fourth-order valence-electron chi connectivity index (χ4n) is 3.36. The highest BCUT2D eigenvalue weighted by Gasteiger charge is 2.18. The van der Waals surface area contributed by atoms with Gasteiger partial charge in [0.2, 0.25) is 0 Å². The molecule has 0 radical (unpaired) electrons.